The number of benzene rings is 3. The van der Waals surface area contributed by atoms with Crippen LogP contribution >= 0.6 is 0 Å². The van der Waals surface area contributed by atoms with Crippen LogP contribution in [0, 0.1) is 0 Å². The van der Waals surface area contributed by atoms with Gasteiger partial charge in [-0.25, -0.2) is 14.6 Å². The highest BCUT2D eigenvalue weighted by Crippen LogP contribution is 2.33. The summed E-state index contributed by atoms with van der Waals surface area (Å²) in [6.45, 7) is 6.16. The van der Waals surface area contributed by atoms with Crippen LogP contribution in [0.1, 0.15) is 69.9 Å². The molecule has 3 atom stereocenters. The van der Waals surface area contributed by atoms with Gasteiger partial charge in [0, 0.05) is 35.4 Å². The van der Waals surface area contributed by atoms with E-state index in [0.29, 0.717) is 43.0 Å². The molecule has 0 saturated carbocycles. The summed E-state index contributed by atoms with van der Waals surface area (Å²) >= 11 is 0. The lowest BCUT2D eigenvalue weighted by atomic mass is 10.0. The van der Waals surface area contributed by atoms with Gasteiger partial charge in [0.15, 0.2) is 0 Å². The van der Waals surface area contributed by atoms with Gasteiger partial charge in [0.2, 0.25) is 5.91 Å². The Morgan fingerprint density at radius 3 is 2.28 bits per heavy atom. The Bertz CT molecular complexity index is 2140. The van der Waals surface area contributed by atoms with E-state index in [-0.39, 0.29) is 17.9 Å². The van der Waals surface area contributed by atoms with Gasteiger partial charge >= 0.3 is 12.2 Å². The van der Waals surface area contributed by atoms with Gasteiger partial charge in [-0.05, 0) is 87.4 Å². The first-order valence-electron chi connectivity index (χ1n) is 17.9. The number of amides is 4. The van der Waals surface area contributed by atoms with Crippen LogP contribution in [0.3, 0.4) is 0 Å². The Labute approximate surface area is 306 Å². The number of carbonyl (C=O) groups excluding carboxylic acids is 3. The van der Waals surface area contributed by atoms with Crippen molar-refractivity contribution in [2.24, 2.45) is 0 Å². The largest absolute Gasteiger partial charge is 0.465 e. The van der Waals surface area contributed by atoms with Crippen LogP contribution in [0.2, 0.25) is 0 Å². The zero-order valence-electron chi connectivity index (χ0n) is 29.9. The number of fused-ring (bicyclic) bond motifs is 1. The molecule has 0 radical (unpaired) electrons. The van der Waals surface area contributed by atoms with Crippen LogP contribution in [-0.2, 0) is 14.3 Å². The van der Waals surface area contributed by atoms with Gasteiger partial charge in [0.05, 0.1) is 17.9 Å². The highest BCUT2D eigenvalue weighted by molar-refractivity contribution is 6.00. The minimum atomic E-state index is -1.01. The minimum Gasteiger partial charge on any atom is -0.465 e. The number of carbonyl (C=O) groups is 4. The summed E-state index contributed by atoms with van der Waals surface area (Å²) in [6, 6.07) is 22.6. The molecule has 13 heteroatoms. The summed E-state index contributed by atoms with van der Waals surface area (Å²) < 4.78 is 5.45. The third-order valence-electron chi connectivity index (χ3n) is 9.68. The Kier molecular flexibility index (Phi) is 9.65. The van der Waals surface area contributed by atoms with Crippen molar-refractivity contribution in [1.82, 2.24) is 30.1 Å². The maximum Gasteiger partial charge on any atom is 0.408 e. The Balaban J connectivity index is 1.03. The molecule has 3 aromatic carbocycles. The molecule has 4 amide bonds. The van der Waals surface area contributed by atoms with E-state index < -0.39 is 29.9 Å². The number of ether oxygens (including phenoxy) is 1. The number of aromatic amines is 2. The van der Waals surface area contributed by atoms with Crippen LogP contribution < -0.4 is 10.6 Å². The molecule has 5 N–H and O–H groups in total. The lowest BCUT2D eigenvalue weighted by Gasteiger charge is -2.29. The molecule has 5 aromatic rings. The van der Waals surface area contributed by atoms with Gasteiger partial charge in [0.25, 0.3) is 5.91 Å². The van der Waals surface area contributed by atoms with Crippen molar-refractivity contribution in [3.8, 4) is 22.5 Å². The van der Waals surface area contributed by atoms with Crippen LogP contribution in [-0.4, -0.2) is 78.6 Å². The normalized spacial score (nSPS) is 17.9. The first-order chi connectivity index (χ1) is 25.4. The third-order valence-corrected chi connectivity index (χ3v) is 9.68. The fourth-order valence-corrected chi connectivity index (χ4v) is 7.18. The van der Waals surface area contributed by atoms with E-state index in [1.165, 1.54) is 4.90 Å². The Morgan fingerprint density at radius 1 is 0.868 bits per heavy atom. The predicted molar refractivity (Wildman–Crippen MR) is 200 cm³/mol. The second-order valence-electron chi connectivity index (χ2n) is 14.5. The number of imidazole rings is 1. The van der Waals surface area contributed by atoms with E-state index in [1.54, 1.807) is 56.1 Å². The molecule has 0 unspecified atom stereocenters. The van der Waals surface area contributed by atoms with Gasteiger partial charge in [-0.15, -0.1) is 0 Å². The first kappa shape index (κ1) is 35.3. The smallest absolute Gasteiger partial charge is 0.408 e. The van der Waals surface area contributed by atoms with E-state index in [9.17, 15) is 24.3 Å². The number of nitrogens with one attached hydrogen (secondary N) is 4. The van der Waals surface area contributed by atoms with Gasteiger partial charge < -0.3 is 35.3 Å². The predicted octanol–water partition coefficient (Wildman–Crippen LogP) is 7.24. The van der Waals surface area contributed by atoms with Crippen molar-refractivity contribution < 1.29 is 29.0 Å². The zero-order valence-corrected chi connectivity index (χ0v) is 29.9. The molecule has 53 heavy (non-hydrogen) atoms. The van der Waals surface area contributed by atoms with Crippen LogP contribution in [0.5, 0.6) is 0 Å². The van der Waals surface area contributed by atoms with Crippen molar-refractivity contribution in [2.75, 3.05) is 18.4 Å². The van der Waals surface area contributed by atoms with Crippen LogP contribution in [0.15, 0.2) is 85.1 Å². The molecular weight excluding hydrogens is 674 g/mol. The number of aromatic nitrogens is 3. The van der Waals surface area contributed by atoms with Crippen molar-refractivity contribution >= 4 is 40.6 Å². The number of H-pyrrole nitrogens is 2. The number of likely N-dealkylation sites (tertiary alicyclic amines) is 2. The Morgan fingerprint density at radius 2 is 1.57 bits per heavy atom. The van der Waals surface area contributed by atoms with Crippen LogP contribution in [0.4, 0.5) is 15.3 Å². The van der Waals surface area contributed by atoms with E-state index in [4.69, 9.17) is 4.74 Å². The zero-order chi connectivity index (χ0) is 37.3. The highest BCUT2D eigenvalue weighted by atomic mass is 16.6. The van der Waals surface area contributed by atoms with Gasteiger partial charge in [-0.2, -0.15) is 0 Å². The van der Waals surface area contributed by atoms with Crippen molar-refractivity contribution in [3.05, 3.63) is 96.4 Å². The maximum absolute atomic E-state index is 14.0. The average molecular weight is 718 g/mol. The summed E-state index contributed by atoms with van der Waals surface area (Å²) in [5.74, 6) is -0.0134. The van der Waals surface area contributed by atoms with Gasteiger partial charge in [0.1, 0.15) is 23.5 Å². The third kappa shape index (κ3) is 7.74. The number of rotatable bonds is 8. The maximum atomic E-state index is 14.0. The molecule has 2 fully saturated rings. The molecule has 2 aromatic heterocycles. The molecule has 7 rings (SSSR count). The van der Waals surface area contributed by atoms with Gasteiger partial charge in [-0.1, -0.05) is 54.6 Å². The molecule has 2 aliphatic rings. The summed E-state index contributed by atoms with van der Waals surface area (Å²) in [7, 11) is 0. The monoisotopic (exact) mass is 717 g/mol. The summed E-state index contributed by atoms with van der Waals surface area (Å²) in [6.07, 6.45) is 2.81. The molecule has 0 bridgehead atoms. The fraction of sp³-hybridized carbons (Fsp3) is 0.325. The second-order valence-corrected chi connectivity index (χ2v) is 14.5. The SMILES string of the molecule is CC(C)(C)OC(=O)N[C@@H](C(=O)N1CCC[C@H]1C(=O)Nc1ccc2[nH]c(-c3ccc(-c4cnc([C@@H]5CCCN5C(=O)O)[nH]4)cc3)cc2c1)c1ccccc1. The Hall–Kier alpha value is -6.11. The average Bonchev–Trinajstić information content (AvgIpc) is 3.96. The van der Waals surface area contributed by atoms with E-state index in [1.807, 2.05) is 54.6 Å². The number of hydrogen-bond donors (Lipinski definition) is 5. The topological polar surface area (TPSA) is 173 Å². The van der Waals surface area contributed by atoms with E-state index in [2.05, 4.69) is 25.6 Å². The number of alkyl carbamates (subject to hydrolysis) is 1. The number of anilines is 1. The molecule has 0 spiro atoms. The first-order valence-corrected chi connectivity index (χ1v) is 17.9. The summed E-state index contributed by atoms with van der Waals surface area (Å²) in [5, 5.41) is 16.2. The van der Waals surface area contributed by atoms with Gasteiger partial charge in [-0.3, -0.25) is 14.5 Å². The quantitative estimate of drug-likeness (QED) is 0.113. The molecule has 13 nitrogen and oxygen atoms in total. The number of nitrogens with zero attached hydrogens (tertiary/aromatic N) is 3. The lowest BCUT2D eigenvalue weighted by molar-refractivity contribution is -0.138. The minimum absolute atomic E-state index is 0.263. The lowest BCUT2D eigenvalue weighted by Crippen LogP contribution is -2.49. The molecular formula is C40H43N7O6. The summed E-state index contributed by atoms with van der Waals surface area (Å²) in [4.78, 5) is 66.2. The molecule has 2 aliphatic heterocycles. The van der Waals surface area contributed by atoms with E-state index >= 15 is 0 Å². The fourth-order valence-electron chi connectivity index (χ4n) is 7.18. The molecule has 0 aliphatic carbocycles. The molecule has 2 saturated heterocycles. The molecule has 4 heterocycles. The highest BCUT2D eigenvalue weighted by Gasteiger charge is 2.39. The van der Waals surface area contributed by atoms with Crippen LogP contribution in [0.25, 0.3) is 33.4 Å². The standard InChI is InChI=1S/C40H43N7O6/c1-40(2,3)53-38(50)45-34(26-9-5-4-6-10-26)37(49)46-19-8-12-33(46)36(48)42-28-17-18-29-27(21-28)22-30(43-29)24-13-15-25(16-14-24)31-23-41-35(44-31)32-11-7-20-47(32)39(51)52/h4-6,9-10,13-18,21-23,32-34,43H,7-8,11-12,19-20H2,1-3H3,(H,41,44)(H,42,48)(H,45,50)(H,51,52)/t32-,33-,34+/m0/s1. The number of hydrogen-bond acceptors (Lipinski definition) is 6. The van der Waals surface area contributed by atoms with Crippen molar-refractivity contribution in [1.29, 1.82) is 0 Å². The number of carboxylic acid groups (broad SMARTS) is 1. The second kappa shape index (κ2) is 14.5. The summed E-state index contributed by atoms with van der Waals surface area (Å²) in [5.41, 5.74) is 4.98. The van der Waals surface area contributed by atoms with E-state index in [0.717, 1.165) is 46.3 Å². The van der Waals surface area contributed by atoms with Crippen molar-refractivity contribution in [2.45, 2.75) is 70.2 Å². The molecule has 274 valence electrons. The van der Waals surface area contributed by atoms with Crippen molar-refractivity contribution in [3.63, 3.8) is 0 Å².